The predicted octanol–water partition coefficient (Wildman–Crippen LogP) is 3.05. The third kappa shape index (κ3) is 4.12. The fraction of sp³-hybridized carbons (Fsp3) is 0.526. The Labute approximate surface area is 149 Å². The van der Waals surface area contributed by atoms with E-state index in [-0.39, 0.29) is 4.90 Å². The number of carbonyl (C=O) groups is 1. The van der Waals surface area contributed by atoms with Gasteiger partial charge >= 0.3 is 5.97 Å². The number of esters is 1. The number of carbonyl (C=O) groups excluding carboxylic acids is 1. The quantitative estimate of drug-likeness (QED) is 0.596. The molecule has 2 atom stereocenters. The van der Waals surface area contributed by atoms with Crippen molar-refractivity contribution >= 4 is 16.0 Å². The van der Waals surface area contributed by atoms with Gasteiger partial charge in [-0.25, -0.2) is 8.42 Å². The summed E-state index contributed by atoms with van der Waals surface area (Å²) < 4.78 is 32.5. The lowest BCUT2D eigenvalue weighted by atomic mass is 9.95. The Balaban J connectivity index is 1.67. The second-order valence-electron chi connectivity index (χ2n) is 6.87. The third-order valence-corrected chi connectivity index (χ3v) is 6.86. The molecule has 5 nitrogen and oxygen atoms in total. The van der Waals surface area contributed by atoms with Crippen LogP contribution in [0.1, 0.15) is 37.7 Å². The van der Waals surface area contributed by atoms with Crippen molar-refractivity contribution in [3.8, 4) is 0 Å². The molecule has 2 unspecified atom stereocenters. The summed E-state index contributed by atoms with van der Waals surface area (Å²) in [7, 11) is -3.67. The number of hydrogen-bond acceptors (Lipinski definition) is 4. The first-order chi connectivity index (χ1) is 12.0. The van der Waals surface area contributed by atoms with Crippen molar-refractivity contribution in [1.82, 2.24) is 4.31 Å². The van der Waals surface area contributed by atoms with Crippen molar-refractivity contribution in [3.05, 3.63) is 42.0 Å². The first-order valence-electron chi connectivity index (χ1n) is 8.88. The lowest BCUT2D eigenvalue weighted by molar-refractivity contribution is -0.148. The molecule has 0 N–H and O–H groups in total. The standard InChI is InChI=1S/C19H25NO4S/c1-15-9-11-17(12-10-15)25(22,23)20-13-5-8-18(20)19(21)24-14-16-6-3-2-4-7-16/h2-3,9-12,16,18H,4-8,13-14H2,1H3. The van der Waals surface area contributed by atoms with Gasteiger partial charge in [0.15, 0.2) is 0 Å². The normalized spacial score (nSPS) is 24.4. The minimum absolute atomic E-state index is 0.232. The van der Waals surface area contributed by atoms with E-state index in [0.29, 0.717) is 31.9 Å². The van der Waals surface area contributed by atoms with Gasteiger partial charge in [0.1, 0.15) is 6.04 Å². The Morgan fingerprint density at radius 2 is 1.96 bits per heavy atom. The van der Waals surface area contributed by atoms with E-state index in [1.165, 1.54) is 4.31 Å². The molecule has 0 amide bonds. The van der Waals surface area contributed by atoms with Crippen LogP contribution >= 0.6 is 0 Å². The first kappa shape index (κ1) is 18.1. The summed E-state index contributed by atoms with van der Waals surface area (Å²) in [5.41, 5.74) is 0.998. The third-order valence-electron chi connectivity index (χ3n) is 4.94. The Morgan fingerprint density at radius 1 is 1.20 bits per heavy atom. The summed E-state index contributed by atoms with van der Waals surface area (Å²) >= 11 is 0. The van der Waals surface area contributed by atoms with Crippen molar-refractivity contribution in [1.29, 1.82) is 0 Å². The van der Waals surface area contributed by atoms with Gasteiger partial charge in [-0.3, -0.25) is 4.79 Å². The molecule has 1 heterocycles. The maximum Gasteiger partial charge on any atom is 0.324 e. The van der Waals surface area contributed by atoms with E-state index >= 15 is 0 Å². The Bertz CT molecular complexity index is 739. The highest BCUT2D eigenvalue weighted by atomic mass is 32.2. The SMILES string of the molecule is Cc1ccc(S(=O)(=O)N2CCCC2C(=O)OCC2CC=CCC2)cc1. The van der Waals surface area contributed by atoms with E-state index in [1.807, 2.05) is 6.92 Å². The van der Waals surface area contributed by atoms with Gasteiger partial charge in [0.05, 0.1) is 11.5 Å². The summed E-state index contributed by atoms with van der Waals surface area (Å²) in [5.74, 6) is -0.0692. The highest BCUT2D eigenvalue weighted by Gasteiger charge is 2.40. The minimum atomic E-state index is -3.67. The van der Waals surface area contributed by atoms with Gasteiger partial charge in [-0.15, -0.1) is 0 Å². The molecule has 2 aliphatic rings. The second kappa shape index (κ2) is 7.70. The molecule has 136 valence electrons. The van der Waals surface area contributed by atoms with E-state index in [2.05, 4.69) is 12.2 Å². The number of sulfonamides is 1. The molecule has 1 aromatic rings. The molecule has 1 aliphatic heterocycles. The van der Waals surface area contributed by atoms with E-state index in [0.717, 1.165) is 24.8 Å². The average molecular weight is 363 g/mol. The van der Waals surface area contributed by atoms with Gasteiger partial charge < -0.3 is 4.74 Å². The van der Waals surface area contributed by atoms with Crippen LogP contribution in [0.3, 0.4) is 0 Å². The lowest BCUT2D eigenvalue weighted by Gasteiger charge is -2.24. The van der Waals surface area contributed by atoms with Crippen molar-refractivity contribution in [2.45, 2.75) is 50.0 Å². The maximum absolute atomic E-state index is 12.9. The van der Waals surface area contributed by atoms with Crippen molar-refractivity contribution < 1.29 is 17.9 Å². The van der Waals surface area contributed by atoms with E-state index in [4.69, 9.17) is 4.74 Å². The molecule has 0 radical (unpaired) electrons. The first-order valence-corrected chi connectivity index (χ1v) is 10.3. The topological polar surface area (TPSA) is 63.7 Å². The van der Waals surface area contributed by atoms with Crippen LogP contribution in [0.5, 0.6) is 0 Å². The van der Waals surface area contributed by atoms with Crippen LogP contribution in [-0.4, -0.2) is 37.9 Å². The van der Waals surface area contributed by atoms with E-state index < -0.39 is 22.0 Å². The molecular weight excluding hydrogens is 338 g/mol. The zero-order valence-electron chi connectivity index (χ0n) is 14.6. The van der Waals surface area contributed by atoms with Crippen LogP contribution in [0.2, 0.25) is 0 Å². The van der Waals surface area contributed by atoms with Crippen molar-refractivity contribution in [2.75, 3.05) is 13.2 Å². The minimum Gasteiger partial charge on any atom is -0.464 e. The maximum atomic E-state index is 12.9. The van der Waals surface area contributed by atoms with Crippen LogP contribution < -0.4 is 0 Å². The van der Waals surface area contributed by atoms with Crippen LogP contribution in [0.25, 0.3) is 0 Å². The predicted molar refractivity (Wildman–Crippen MR) is 95.5 cm³/mol. The average Bonchev–Trinajstić information content (AvgIpc) is 3.12. The zero-order valence-corrected chi connectivity index (χ0v) is 15.4. The highest BCUT2D eigenvalue weighted by molar-refractivity contribution is 7.89. The van der Waals surface area contributed by atoms with Gasteiger partial charge in [0, 0.05) is 6.54 Å². The van der Waals surface area contributed by atoms with Gasteiger partial charge in [-0.1, -0.05) is 29.8 Å². The number of rotatable bonds is 5. The van der Waals surface area contributed by atoms with Gasteiger partial charge in [-0.2, -0.15) is 4.31 Å². The summed E-state index contributed by atoms with van der Waals surface area (Å²) in [6, 6.07) is 6.03. The molecular formula is C19H25NO4S. The largest absolute Gasteiger partial charge is 0.464 e. The summed E-state index contributed by atoms with van der Waals surface area (Å²) in [4.78, 5) is 12.7. The monoisotopic (exact) mass is 363 g/mol. The van der Waals surface area contributed by atoms with Crippen LogP contribution in [0.15, 0.2) is 41.3 Å². The van der Waals surface area contributed by atoms with Gasteiger partial charge in [0.25, 0.3) is 0 Å². The molecule has 1 fully saturated rings. The fourth-order valence-corrected chi connectivity index (χ4v) is 5.06. The number of hydrogen-bond donors (Lipinski definition) is 0. The zero-order chi connectivity index (χ0) is 17.9. The fourth-order valence-electron chi connectivity index (χ4n) is 3.41. The Kier molecular flexibility index (Phi) is 5.59. The summed E-state index contributed by atoms with van der Waals surface area (Å²) in [6.45, 7) is 2.65. The molecule has 0 saturated carbocycles. The molecule has 0 aromatic heterocycles. The number of nitrogens with zero attached hydrogens (tertiary/aromatic N) is 1. The molecule has 25 heavy (non-hydrogen) atoms. The van der Waals surface area contributed by atoms with Gasteiger partial charge in [0.2, 0.25) is 10.0 Å². The molecule has 1 aromatic carbocycles. The molecule has 1 aliphatic carbocycles. The second-order valence-corrected chi connectivity index (χ2v) is 8.76. The van der Waals surface area contributed by atoms with Gasteiger partial charge in [-0.05, 0) is 57.1 Å². The Hall–Kier alpha value is -1.66. The molecule has 3 rings (SSSR count). The summed E-state index contributed by atoms with van der Waals surface area (Å²) in [5, 5.41) is 0. The van der Waals surface area contributed by atoms with E-state index in [1.54, 1.807) is 24.3 Å². The molecule has 1 saturated heterocycles. The molecule has 0 bridgehead atoms. The molecule has 6 heteroatoms. The van der Waals surface area contributed by atoms with Crippen LogP contribution in [0.4, 0.5) is 0 Å². The number of benzene rings is 1. The molecule has 0 spiro atoms. The smallest absolute Gasteiger partial charge is 0.324 e. The number of ether oxygens (including phenoxy) is 1. The van der Waals surface area contributed by atoms with Crippen LogP contribution in [0, 0.1) is 12.8 Å². The number of allylic oxidation sites excluding steroid dienone is 2. The lowest BCUT2D eigenvalue weighted by Crippen LogP contribution is -2.41. The highest BCUT2D eigenvalue weighted by Crippen LogP contribution is 2.27. The van der Waals surface area contributed by atoms with Crippen molar-refractivity contribution in [3.63, 3.8) is 0 Å². The summed E-state index contributed by atoms with van der Waals surface area (Å²) in [6.07, 6.45) is 8.41. The van der Waals surface area contributed by atoms with Crippen molar-refractivity contribution in [2.24, 2.45) is 5.92 Å². The van der Waals surface area contributed by atoms with Crippen LogP contribution in [-0.2, 0) is 19.6 Å². The number of aryl methyl sites for hydroxylation is 1. The van der Waals surface area contributed by atoms with E-state index in [9.17, 15) is 13.2 Å². The Morgan fingerprint density at radius 3 is 2.64 bits per heavy atom.